The molecule has 1 atom stereocenters. The predicted octanol–water partition coefficient (Wildman–Crippen LogP) is 4.54. The van der Waals surface area contributed by atoms with Crippen molar-refractivity contribution in [2.24, 2.45) is 0 Å². The van der Waals surface area contributed by atoms with Crippen molar-refractivity contribution in [3.63, 3.8) is 0 Å². The number of ether oxygens (including phenoxy) is 2. The Morgan fingerprint density at radius 3 is 2.56 bits per heavy atom. The zero-order valence-electron chi connectivity index (χ0n) is 18.3. The van der Waals surface area contributed by atoms with Crippen molar-refractivity contribution >= 4 is 23.3 Å². The maximum absolute atomic E-state index is 12.7. The largest absolute Gasteiger partial charge is 0.573 e. The smallest absolute Gasteiger partial charge is 0.497 e. The van der Waals surface area contributed by atoms with Crippen molar-refractivity contribution in [2.45, 2.75) is 32.2 Å². The van der Waals surface area contributed by atoms with E-state index in [1.165, 1.54) is 16.8 Å². The maximum Gasteiger partial charge on any atom is 0.573 e. The highest BCUT2D eigenvalue weighted by atomic mass is 19.4. The normalized spacial score (nSPS) is 15.0. The van der Waals surface area contributed by atoms with Crippen molar-refractivity contribution < 1.29 is 32.2 Å². The van der Waals surface area contributed by atoms with Gasteiger partial charge in [-0.15, -0.1) is 13.2 Å². The lowest BCUT2D eigenvalue weighted by Gasteiger charge is -2.12. The SMILES string of the molecule is CCc1nn2c(c1-c1ccc(OC)cc1)NC(=O)C2CC(=O)Nc1cccc(OC(F)(F)F)c1. The number of halogens is 3. The van der Waals surface area contributed by atoms with E-state index in [-0.39, 0.29) is 12.1 Å². The van der Waals surface area contributed by atoms with Gasteiger partial charge in [0.1, 0.15) is 23.4 Å². The second-order valence-corrected chi connectivity index (χ2v) is 7.53. The molecule has 2 N–H and O–H groups in total. The summed E-state index contributed by atoms with van der Waals surface area (Å²) in [4.78, 5) is 25.3. The highest BCUT2D eigenvalue weighted by Gasteiger charge is 2.37. The topological polar surface area (TPSA) is 94.5 Å². The van der Waals surface area contributed by atoms with E-state index < -0.39 is 30.0 Å². The molecule has 1 aliphatic heterocycles. The van der Waals surface area contributed by atoms with Crippen LogP contribution in [0.4, 0.5) is 24.7 Å². The van der Waals surface area contributed by atoms with Gasteiger partial charge in [-0.1, -0.05) is 25.1 Å². The number of carbonyl (C=O) groups is 2. The van der Waals surface area contributed by atoms with Crippen LogP contribution in [0.2, 0.25) is 0 Å². The first-order valence-corrected chi connectivity index (χ1v) is 10.4. The summed E-state index contributed by atoms with van der Waals surface area (Å²) in [5, 5.41) is 9.86. The molecule has 0 aliphatic carbocycles. The minimum absolute atomic E-state index is 0.110. The van der Waals surface area contributed by atoms with Crippen LogP contribution in [0, 0.1) is 0 Å². The molecule has 4 rings (SSSR count). The molecule has 1 unspecified atom stereocenters. The fourth-order valence-electron chi connectivity index (χ4n) is 3.78. The number of aryl methyl sites for hydroxylation is 1. The van der Waals surface area contributed by atoms with Crippen LogP contribution in [0.5, 0.6) is 11.5 Å². The van der Waals surface area contributed by atoms with Gasteiger partial charge in [0.2, 0.25) is 5.91 Å². The Kier molecular flexibility index (Phi) is 6.18. The van der Waals surface area contributed by atoms with Gasteiger partial charge in [0.15, 0.2) is 0 Å². The van der Waals surface area contributed by atoms with Crippen LogP contribution in [0.1, 0.15) is 25.1 Å². The summed E-state index contributed by atoms with van der Waals surface area (Å²) in [6.07, 6.45) is -4.50. The number of benzene rings is 2. The fourth-order valence-corrected chi connectivity index (χ4v) is 3.78. The summed E-state index contributed by atoms with van der Waals surface area (Å²) >= 11 is 0. The van der Waals surface area contributed by atoms with Crippen LogP contribution in [0.15, 0.2) is 48.5 Å². The molecule has 34 heavy (non-hydrogen) atoms. The number of methoxy groups -OCH3 is 1. The first-order chi connectivity index (χ1) is 16.2. The summed E-state index contributed by atoms with van der Waals surface area (Å²) in [7, 11) is 1.57. The average molecular weight is 474 g/mol. The standard InChI is InChI=1S/C23H21F3N4O4/c1-3-17-20(13-7-9-15(33-2)10-8-13)21-28-22(32)18(30(21)29-17)12-19(31)27-14-5-4-6-16(11-14)34-23(24,25)26/h4-11,18H,3,12H2,1-2H3,(H,27,31)(H,28,32). The molecule has 2 amide bonds. The molecule has 0 bridgehead atoms. The minimum Gasteiger partial charge on any atom is -0.497 e. The zero-order valence-corrected chi connectivity index (χ0v) is 18.3. The quantitative estimate of drug-likeness (QED) is 0.524. The molecule has 11 heteroatoms. The molecular weight excluding hydrogens is 453 g/mol. The van der Waals surface area contributed by atoms with Gasteiger partial charge in [-0.05, 0) is 36.2 Å². The summed E-state index contributed by atoms with van der Waals surface area (Å²) < 4.78 is 47.9. The molecule has 0 saturated heterocycles. The monoisotopic (exact) mass is 474 g/mol. The number of fused-ring (bicyclic) bond motifs is 1. The highest BCUT2D eigenvalue weighted by molar-refractivity contribution is 6.04. The number of amides is 2. The van der Waals surface area contributed by atoms with Crippen molar-refractivity contribution in [1.82, 2.24) is 9.78 Å². The van der Waals surface area contributed by atoms with E-state index in [1.54, 1.807) is 19.2 Å². The van der Waals surface area contributed by atoms with Gasteiger partial charge in [-0.3, -0.25) is 9.59 Å². The molecule has 0 spiro atoms. The first-order valence-electron chi connectivity index (χ1n) is 10.4. The number of nitrogens with zero attached hydrogens (tertiary/aromatic N) is 2. The first kappa shape index (κ1) is 23.1. The van der Waals surface area contributed by atoms with Crippen LogP contribution >= 0.6 is 0 Å². The Morgan fingerprint density at radius 2 is 1.91 bits per heavy atom. The lowest BCUT2D eigenvalue weighted by Crippen LogP contribution is -2.24. The van der Waals surface area contributed by atoms with E-state index in [1.807, 2.05) is 19.1 Å². The number of nitrogens with one attached hydrogen (secondary N) is 2. The molecule has 1 aromatic heterocycles. The molecular formula is C23H21F3N4O4. The number of hydrogen-bond acceptors (Lipinski definition) is 5. The maximum atomic E-state index is 12.7. The minimum atomic E-state index is -4.85. The molecule has 0 radical (unpaired) electrons. The average Bonchev–Trinajstić information content (AvgIpc) is 3.28. The molecule has 3 aromatic rings. The van der Waals surface area contributed by atoms with E-state index in [2.05, 4.69) is 20.5 Å². The van der Waals surface area contributed by atoms with Crippen LogP contribution in [0.3, 0.4) is 0 Å². The Bertz CT molecular complexity index is 1220. The number of anilines is 2. The second kappa shape index (κ2) is 9.08. The molecule has 178 valence electrons. The number of hydrogen-bond donors (Lipinski definition) is 2. The lowest BCUT2D eigenvalue weighted by atomic mass is 10.0. The van der Waals surface area contributed by atoms with Crippen LogP contribution in [0.25, 0.3) is 11.1 Å². The zero-order chi connectivity index (χ0) is 24.5. The van der Waals surface area contributed by atoms with Gasteiger partial charge in [0.25, 0.3) is 5.91 Å². The third-order valence-corrected chi connectivity index (χ3v) is 5.27. The van der Waals surface area contributed by atoms with Gasteiger partial charge in [0.05, 0.1) is 19.2 Å². The molecule has 2 aromatic carbocycles. The van der Waals surface area contributed by atoms with Gasteiger partial charge >= 0.3 is 6.36 Å². The molecule has 1 aliphatic rings. The summed E-state index contributed by atoms with van der Waals surface area (Å²) in [5.41, 5.74) is 2.46. The van der Waals surface area contributed by atoms with E-state index in [4.69, 9.17) is 4.74 Å². The fraction of sp³-hybridized carbons (Fsp3) is 0.261. The van der Waals surface area contributed by atoms with E-state index in [9.17, 15) is 22.8 Å². The van der Waals surface area contributed by atoms with Gasteiger partial charge < -0.3 is 20.1 Å². The summed E-state index contributed by atoms with van der Waals surface area (Å²) in [6.45, 7) is 1.94. The van der Waals surface area contributed by atoms with E-state index >= 15 is 0 Å². The number of aromatic nitrogens is 2. The molecule has 8 nitrogen and oxygen atoms in total. The van der Waals surface area contributed by atoms with E-state index in [0.717, 1.165) is 29.0 Å². The van der Waals surface area contributed by atoms with Crippen LogP contribution in [-0.4, -0.2) is 35.1 Å². The Hall–Kier alpha value is -4.02. The van der Waals surface area contributed by atoms with Crippen molar-refractivity contribution in [1.29, 1.82) is 0 Å². The van der Waals surface area contributed by atoms with Crippen molar-refractivity contribution in [3.05, 3.63) is 54.2 Å². The summed E-state index contributed by atoms with van der Waals surface area (Å²) in [6, 6.07) is 11.3. The van der Waals surface area contributed by atoms with Gasteiger partial charge in [-0.2, -0.15) is 5.10 Å². The van der Waals surface area contributed by atoms with Crippen molar-refractivity contribution in [2.75, 3.05) is 17.7 Å². The van der Waals surface area contributed by atoms with Crippen LogP contribution in [-0.2, 0) is 16.0 Å². The third-order valence-electron chi connectivity index (χ3n) is 5.27. The second-order valence-electron chi connectivity index (χ2n) is 7.53. The molecule has 2 heterocycles. The highest BCUT2D eigenvalue weighted by Crippen LogP contribution is 2.39. The van der Waals surface area contributed by atoms with Gasteiger partial charge in [-0.25, -0.2) is 4.68 Å². The number of alkyl halides is 3. The summed E-state index contributed by atoms with van der Waals surface area (Å²) in [5.74, 6) is -0.241. The predicted molar refractivity (Wildman–Crippen MR) is 118 cm³/mol. The Balaban J connectivity index is 1.54. The van der Waals surface area contributed by atoms with Gasteiger partial charge in [0, 0.05) is 17.3 Å². The van der Waals surface area contributed by atoms with Crippen molar-refractivity contribution in [3.8, 4) is 22.6 Å². The third kappa shape index (κ3) is 4.82. The Labute approximate surface area is 192 Å². The molecule has 0 saturated carbocycles. The number of carbonyl (C=O) groups excluding carboxylic acids is 2. The lowest BCUT2D eigenvalue weighted by molar-refractivity contribution is -0.274. The molecule has 0 fully saturated rings. The number of rotatable bonds is 7. The Morgan fingerprint density at radius 1 is 1.18 bits per heavy atom. The van der Waals surface area contributed by atoms with E-state index in [0.29, 0.717) is 18.0 Å². The van der Waals surface area contributed by atoms with Crippen LogP contribution < -0.4 is 20.1 Å².